The largest absolute Gasteiger partial charge is 0.387 e. The van der Waals surface area contributed by atoms with Crippen LogP contribution in [0.5, 0.6) is 0 Å². The van der Waals surface area contributed by atoms with E-state index in [1.54, 1.807) is 11.0 Å². The standard InChI is InChI=1S/C16H19ClFNO2/c1-10-8-19(9-16(10,21)12-3-4-12)15(20)6-11-2-5-13(18)7-14(11)17/h2,5,7,10,12,21H,3-4,6,8-9H2,1H3/t10-,16+/m1/s1. The van der Waals surface area contributed by atoms with Gasteiger partial charge in [-0.2, -0.15) is 0 Å². The molecule has 1 heterocycles. The Labute approximate surface area is 128 Å². The topological polar surface area (TPSA) is 40.5 Å². The van der Waals surface area contributed by atoms with E-state index < -0.39 is 11.4 Å². The maximum atomic E-state index is 13.0. The van der Waals surface area contributed by atoms with Gasteiger partial charge in [-0.3, -0.25) is 4.79 Å². The number of carbonyl (C=O) groups excluding carboxylic acids is 1. The molecule has 3 nitrogen and oxygen atoms in total. The second kappa shape index (κ2) is 5.25. The zero-order valence-electron chi connectivity index (χ0n) is 12.0. The second-order valence-electron chi connectivity index (χ2n) is 6.35. The molecule has 0 bridgehead atoms. The van der Waals surface area contributed by atoms with Crippen molar-refractivity contribution in [3.05, 3.63) is 34.6 Å². The molecule has 1 N–H and O–H groups in total. The highest BCUT2D eigenvalue weighted by molar-refractivity contribution is 6.31. The molecule has 2 atom stereocenters. The van der Waals surface area contributed by atoms with Gasteiger partial charge in [0.1, 0.15) is 5.82 Å². The number of hydrogen-bond acceptors (Lipinski definition) is 2. The van der Waals surface area contributed by atoms with Crippen LogP contribution in [0.15, 0.2) is 18.2 Å². The van der Waals surface area contributed by atoms with Crippen molar-refractivity contribution < 1.29 is 14.3 Å². The molecule has 1 amide bonds. The van der Waals surface area contributed by atoms with Crippen LogP contribution >= 0.6 is 11.6 Å². The smallest absolute Gasteiger partial charge is 0.227 e. The number of rotatable bonds is 3. The van der Waals surface area contributed by atoms with E-state index >= 15 is 0 Å². The fraction of sp³-hybridized carbons (Fsp3) is 0.562. The van der Waals surface area contributed by atoms with Gasteiger partial charge >= 0.3 is 0 Å². The first kappa shape index (κ1) is 14.8. The highest BCUT2D eigenvalue weighted by Gasteiger charge is 2.53. The van der Waals surface area contributed by atoms with E-state index in [-0.39, 0.29) is 23.3 Å². The SMILES string of the molecule is C[C@@H]1CN(C(=O)Cc2ccc(F)cc2Cl)C[C@@]1(O)C1CC1. The van der Waals surface area contributed by atoms with Crippen LogP contribution in [0.4, 0.5) is 4.39 Å². The molecule has 1 aliphatic carbocycles. The molecule has 1 saturated carbocycles. The highest BCUT2D eigenvalue weighted by atomic mass is 35.5. The van der Waals surface area contributed by atoms with E-state index in [0.29, 0.717) is 24.6 Å². The molecule has 1 aromatic rings. The molecule has 1 aliphatic heterocycles. The minimum absolute atomic E-state index is 0.0630. The first-order valence-electron chi connectivity index (χ1n) is 7.34. The van der Waals surface area contributed by atoms with Crippen molar-refractivity contribution in [2.24, 2.45) is 11.8 Å². The van der Waals surface area contributed by atoms with Crippen molar-refractivity contribution in [1.29, 1.82) is 0 Å². The Morgan fingerprint density at radius 3 is 2.86 bits per heavy atom. The van der Waals surface area contributed by atoms with Crippen LogP contribution in [-0.4, -0.2) is 34.6 Å². The van der Waals surface area contributed by atoms with E-state index in [9.17, 15) is 14.3 Å². The lowest BCUT2D eigenvalue weighted by molar-refractivity contribution is -0.130. The lowest BCUT2D eigenvalue weighted by Gasteiger charge is -2.26. The van der Waals surface area contributed by atoms with Gasteiger partial charge in [0.2, 0.25) is 5.91 Å². The maximum Gasteiger partial charge on any atom is 0.227 e. The second-order valence-corrected chi connectivity index (χ2v) is 6.76. The lowest BCUT2D eigenvalue weighted by Crippen LogP contribution is -2.40. The molecule has 114 valence electrons. The average molecular weight is 312 g/mol. The molecule has 0 radical (unpaired) electrons. The van der Waals surface area contributed by atoms with Crippen molar-refractivity contribution >= 4 is 17.5 Å². The molecule has 5 heteroatoms. The van der Waals surface area contributed by atoms with Gasteiger partial charge in [-0.25, -0.2) is 4.39 Å². The lowest BCUT2D eigenvalue weighted by atomic mass is 9.88. The number of carbonyl (C=O) groups is 1. The summed E-state index contributed by atoms with van der Waals surface area (Å²) in [6.45, 7) is 2.97. The first-order valence-corrected chi connectivity index (χ1v) is 7.72. The Kier molecular flexibility index (Phi) is 3.70. The van der Waals surface area contributed by atoms with Gasteiger partial charge in [0.15, 0.2) is 0 Å². The van der Waals surface area contributed by atoms with Crippen LogP contribution in [0.25, 0.3) is 0 Å². The van der Waals surface area contributed by atoms with Gasteiger partial charge in [-0.15, -0.1) is 0 Å². The molecule has 1 aromatic carbocycles. The van der Waals surface area contributed by atoms with Crippen LogP contribution in [0.3, 0.4) is 0 Å². The molecule has 21 heavy (non-hydrogen) atoms. The van der Waals surface area contributed by atoms with Crippen LogP contribution in [0.2, 0.25) is 5.02 Å². The van der Waals surface area contributed by atoms with Crippen LogP contribution in [-0.2, 0) is 11.2 Å². The quantitative estimate of drug-likeness (QED) is 0.932. The number of aliphatic hydroxyl groups is 1. The van der Waals surface area contributed by atoms with Crippen molar-refractivity contribution in [2.75, 3.05) is 13.1 Å². The Morgan fingerprint density at radius 1 is 1.52 bits per heavy atom. The van der Waals surface area contributed by atoms with Crippen LogP contribution < -0.4 is 0 Å². The van der Waals surface area contributed by atoms with Gasteiger partial charge in [-0.05, 0) is 36.5 Å². The van der Waals surface area contributed by atoms with Crippen molar-refractivity contribution in [2.45, 2.75) is 31.8 Å². The summed E-state index contributed by atoms with van der Waals surface area (Å²) in [6.07, 6.45) is 2.24. The third kappa shape index (κ3) is 2.79. The predicted molar refractivity (Wildman–Crippen MR) is 78.5 cm³/mol. The maximum absolute atomic E-state index is 13.0. The molecule has 0 spiro atoms. The summed E-state index contributed by atoms with van der Waals surface area (Å²) < 4.78 is 13.0. The van der Waals surface area contributed by atoms with Gasteiger partial charge in [0, 0.05) is 24.0 Å². The Balaban J connectivity index is 1.69. The van der Waals surface area contributed by atoms with Gasteiger partial charge in [0.25, 0.3) is 0 Å². The fourth-order valence-corrected chi connectivity index (χ4v) is 3.49. The molecule has 2 aliphatic rings. The summed E-state index contributed by atoms with van der Waals surface area (Å²) in [5.41, 5.74) is -0.111. The number of benzene rings is 1. The van der Waals surface area contributed by atoms with Crippen LogP contribution in [0.1, 0.15) is 25.3 Å². The van der Waals surface area contributed by atoms with E-state index in [0.717, 1.165) is 12.8 Å². The van der Waals surface area contributed by atoms with Gasteiger partial charge < -0.3 is 10.0 Å². The summed E-state index contributed by atoms with van der Waals surface area (Å²) in [4.78, 5) is 14.1. The first-order chi connectivity index (χ1) is 9.90. The summed E-state index contributed by atoms with van der Waals surface area (Å²) in [5, 5.41) is 11.0. The average Bonchev–Trinajstić information content (AvgIpc) is 3.21. The number of halogens is 2. The number of nitrogens with zero attached hydrogens (tertiary/aromatic N) is 1. The predicted octanol–water partition coefficient (Wildman–Crippen LogP) is 2.64. The third-order valence-electron chi connectivity index (χ3n) is 4.79. The van der Waals surface area contributed by atoms with E-state index in [4.69, 9.17) is 11.6 Å². The van der Waals surface area contributed by atoms with Crippen molar-refractivity contribution in [3.8, 4) is 0 Å². The number of β-amino-alcohol motifs (C(OH)–C–C–N with tert-alkyl or cyclic N) is 1. The van der Waals surface area contributed by atoms with Gasteiger partial charge in [-0.1, -0.05) is 24.6 Å². The van der Waals surface area contributed by atoms with Crippen molar-refractivity contribution in [3.63, 3.8) is 0 Å². The monoisotopic (exact) mass is 311 g/mol. The minimum atomic E-state index is -0.734. The minimum Gasteiger partial charge on any atom is -0.387 e. The number of likely N-dealkylation sites (tertiary alicyclic amines) is 1. The zero-order chi connectivity index (χ0) is 15.2. The summed E-state index contributed by atoms with van der Waals surface area (Å²) in [7, 11) is 0. The van der Waals surface area contributed by atoms with E-state index in [1.165, 1.54) is 12.1 Å². The van der Waals surface area contributed by atoms with Crippen molar-refractivity contribution in [1.82, 2.24) is 4.90 Å². The number of hydrogen-bond donors (Lipinski definition) is 1. The Morgan fingerprint density at radius 2 is 2.24 bits per heavy atom. The molecule has 0 aromatic heterocycles. The highest BCUT2D eigenvalue weighted by Crippen LogP contribution is 2.47. The fourth-order valence-electron chi connectivity index (χ4n) is 3.26. The summed E-state index contributed by atoms with van der Waals surface area (Å²) in [6, 6.07) is 4.07. The normalized spacial score (nSPS) is 29.0. The summed E-state index contributed by atoms with van der Waals surface area (Å²) >= 11 is 5.97. The summed E-state index contributed by atoms with van der Waals surface area (Å²) in [5.74, 6) is -0.0432. The van der Waals surface area contributed by atoms with Crippen LogP contribution in [0, 0.1) is 17.7 Å². The molecular formula is C16H19ClFNO2. The van der Waals surface area contributed by atoms with E-state index in [1.807, 2.05) is 6.92 Å². The molecule has 0 unspecified atom stereocenters. The molecular weight excluding hydrogens is 293 g/mol. The number of amides is 1. The van der Waals surface area contributed by atoms with Gasteiger partial charge in [0.05, 0.1) is 12.0 Å². The Hall–Kier alpha value is -1.13. The molecule has 2 fully saturated rings. The Bertz CT molecular complexity index is 575. The third-order valence-corrected chi connectivity index (χ3v) is 5.14. The van der Waals surface area contributed by atoms with E-state index in [2.05, 4.69) is 0 Å². The zero-order valence-corrected chi connectivity index (χ0v) is 12.7. The molecule has 1 saturated heterocycles. The molecule has 3 rings (SSSR count).